The lowest BCUT2D eigenvalue weighted by Crippen LogP contribution is -1.89. The van der Waals surface area contributed by atoms with Gasteiger partial charge in [0.15, 0.2) is 0 Å². The minimum absolute atomic E-state index is 0.212. The lowest BCUT2D eigenvalue weighted by molar-refractivity contribution is 0.112. The molecule has 80 valence electrons. The standard InChI is InChI=1S/C12H7ClFNO/c13-12-5-8(7-16)4-11(15-12)9-2-1-3-10(14)6-9/h1-7H. The van der Waals surface area contributed by atoms with Crippen LogP contribution in [0.15, 0.2) is 36.4 Å². The Bertz CT molecular complexity index is 542. The molecule has 2 rings (SSSR count). The van der Waals surface area contributed by atoms with Gasteiger partial charge in [0.1, 0.15) is 17.3 Å². The lowest BCUT2D eigenvalue weighted by atomic mass is 10.1. The van der Waals surface area contributed by atoms with Crippen molar-refractivity contribution in [3.8, 4) is 11.3 Å². The predicted molar refractivity (Wildman–Crippen MR) is 60.0 cm³/mol. The number of nitrogens with zero attached hydrogens (tertiary/aromatic N) is 1. The third-order valence-electron chi connectivity index (χ3n) is 2.07. The fourth-order valence-corrected chi connectivity index (χ4v) is 1.60. The average Bonchev–Trinajstić information content (AvgIpc) is 2.28. The number of aromatic nitrogens is 1. The number of carbonyl (C=O) groups excluding carboxylic acids is 1. The van der Waals surface area contributed by atoms with Crippen LogP contribution in [0.3, 0.4) is 0 Å². The van der Waals surface area contributed by atoms with Crippen molar-refractivity contribution in [3.63, 3.8) is 0 Å². The van der Waals surface area contributed by atoms with Crippen LogP contribution in [0.2, 0.25) is 5.15 Å². The van der Waals surface area contributed by atoms with Crippen LogP contribution in [0.5, 0.6) is 0 Å². The summed E-state index contributed by atoms with van der Waals surface area (Å²) in [6.45, 7) is 0. The third kappa shape index (κ3) is 2.25. The molecule has 0 spiro atoms. The fourth-order valence-electron chi connectivity index (χ4n) is 1.38. The molecule has 1 aromatic heterocycles. The highest BCUT2D eigenvalue weighted by Crippen LogP contribution is 2.21. The normalized spacial score (nSPS) is 10.1. The number of pyridine rings is 1. The summed E-state index contributed by atoms with van der Waals surface area (Å²) in [7, 11) is 0. The molecule has 16 heavy (non-hydrogen) atoms. The van der Waals surface area contributed by atoms with Crippen molar-refractivity contribution in [2.45, 2.75) is 0 Å². The molecule has 0 bridgehead atoms. The highest BCUT2D eigenvalue weighted by molar-refractivity contribution is 6.29. The van der Waals surface area contributed by atoms with Crippen molar-refractivity contribution < 1.29 is 9.18 Å². The van der Waals surface area contributed by atoms with E-state index in [2.05, 4.69) is 4.98 Å². The maximum Gasteiger partial charge on any atom is 0.150 e. The van der Waals surface area contributed by atoms with E-state index in [-0.39, 0.29) is 11.0 Å². The molecule has 1 heterocycles. The molecule has 0 amide bonds. The topological polar surface area (TPSA) is 30.0 Å². The number of rotatable bonds is 2. The van der Waals surface area contributed by atoms with Gasteiger partial charge in [-0.05, 0) is 24.3 Å². The summed E-state index contributed by atoms with van der Waals surface area (Å²) in [6, 6.07) is 8.98. The maximum absolute atomic E-state index is 13.0. The van der Waals surface area contributed by atoms with E-state index in [1.54, 1.807) is 18.2 Å². The van der Waals surface area contributed by atoms with Crippen molar-refractivity contribution >= 4 is 17.9 Å². The Morgan fingerprint density at radius 2 is 2.06 bits per heavy atom. The van der Waals surface area contributed by atoms with E-state index in [0.29, 0.717) is 23.1 Å². The van der Waals surface area contributed by atoms with Crippen molar-refractivity contribution in [2.75, 3.05) is 0 Å². The molecule has 0 radical (unpaired) electrons. The van der Waals surface area contributed by atoms with Gasteiger partial charge in [-0.15, -0.1) is 0 Å². The molecular weight excluding hydrogens is 229 g/mol. The number of aldehydes is 1. The van der Waals surface area contributed by atoms with Crippen LogP contribution in [0.4, 0.5) is 4.39 Å². The molecule has 0 aliphatic heterocycles. The molecule has 1 aromatic carbocycles. The van der Waals surface area contributed by atoms with Gasteiger partial charge in [-0.25, -0.2) is 9.37 Å². The van der Waals surface area contributed by atoms with E-state index in [4.69, 9.17) is 11.6 Å². The SMILES string of the molecule is O=Cc1cc(Cl)nc(-c2cccc(F)c2)c1. The van der Waals surface area contributed by atoms with Gasteiger partial charge in [-0.3, -0.25) is 4.79 Å². The van der Waals surface area contributed by atoms with E-state index in [1.165, 1.54) is 18.2 Å². The van der Waals surface area contributed by atoms with Crippen LogP contribution in [0, 0.1) is 5.82 Å². The van der Waals surface area contributed by atoms with Crippen LogP contribution >= 0.6 is 11.6 Å². The zero-order chi connectivity index (χ0) is 11.5. The van der Waals surface area contributed by atoms with Gasteiger partial charge >= 0.3 is 0 Å². The molecule has 0 atom stereocenters. The quantitative estimate of drug-likeness (QED) is 0.590. The molecule has 0 N–H and O–H groups in total. The van der Waals surface area contributed by atoms with Crippen LogP contribution in [0.1, 0.15) is 10.4 Å². The number of hydrogen-bond donors (Lipinski definition) is 0. The second-order valence-corrected chi connectivity index (χ2v) is 3.62. The second kappa shape index (κ2) is 4.41. The van der Waals surface area contributed by atoms with Gasteiger partial charge < -0.3 is 0 Å². The van der Waals surface area contributed by atoms with Crippen molar-refractivity contribution in [1.29, 1.82) is 0 Å². The molecule has 0 fully saturated rings. The Morgan fingerprint density at radius 1 is 1.25 bits per heavy atom. The summed E-state index contributed by atoms with van der Waals surface area (Å²) in [6.07, 6.45) is 0.677. The van der Waals surface area contributed by atoms with Crippen molar-refractivity contribution in [2.24, 2.45) is 0 Å². The molecular formula is C12H7ClFNO. The summed E-state index contributed by atoms with van der Waals surface area (Å²) in [4.78, 5) is 14.7. The molecule has 2 nitrogen and oxygen atoms in total. The predicted octanol–water partition coefficient (Wildman–Crippen LogP) is 3.35. The minimum atomic E-state index is -0.355. The van der Waals surface area contributed by atoms with Gasteiger partial charge in [-0.1, -0.05) is 23.7 Å². The number of halogens is 2. The summed E-state index contributed by atoms with van der Waals surface area (Å²) in [5.41, 5.74) is 1.49. The lowest BCUT2D eigenvalue weighted by Gasteiger charge is -2.02. The Hall–Kier alpha value is -1.74. The molecule has 0 aliphatic carbocycles. The Kier molecular flexibility index (Phi) is 2.97. The second-order valence-electron chi connectivity index (χ2n) is 3.24. The number of carbonyl (C=O) groups is 1. The largest absolute Gasteiger partial charge is 0.298 e. The molecule has 2 aromatic rings. The zero-order valence-electron chi connectivity index (χ0n) is 8.15. The van der Waals surface area contributed by atoms with Crippen LogP contribution in [0.25, 0.3) is 11.3 Å². The molecule has 4 heteroatoms. The van der Waals surface area contributed by atoms with E-state index < -0.39 is 0 Å². The summed E-state index contributed by atoms with van der Waals surface area (Å²) >= 11 is 5.75. The van der Waals surface area contributed by atoms with Gasteiger partial charge in [0.05, 0.1) is 5.69 Å². The first-order valence-corrected chi connectivity index (χ1v) is 4.95. The van der Waals surface area contributed by atoms with Gasteiger partial charge in [0.2, 0.25) is 0 Å². The van der Waals surface area contributed by atoms with Gasteiger partial charge in [0, 0.05) is 11.1 Å². The zero-order valence-corrected chi connectivity index (χ0v) is 8.91. The monoisotopic (exact) mass is 235 g/mol. The molecule has 0 saturated heterocycles. The smallest absolute Gasteiger partial charge is 0.150 e. The Morgan fingerprint density at radius 3 is 2.75 bits per heavy atom. The third-order valence-corrected chi connectivity index (χ3v) is 2.27. The summed E-state index contributed by atoms with van der Waals surface area (Å²) < 4.78 is 13.0. The van der Waals surface area contributed by atoms with Crippen molar-refractivity contribution in [1.82, 2.24) is 4.98 Å². The highest BCUT2D eigenvalue weighted by atomic mass is 35.5. The summed E-state index contributed by atoms with van der Waals surface area (Å²) in [5, 5.41) is 0.212. The van der Waals surface area contributed by atoms with Crippen LogP contribution in [-0.4, -0.2) is 11.3 Å². The van der Waals surface area contributed by atoms with E-state index >= 15 is 0 Å². The minimum Gasteiger partial charge on any atom is -0.298 e. The van der Waals surface area contributed by atoms with Crippen LogP contribution in [-0.2, 0) is 0 Å². The first kappa shape index (κ1) is 10.8. The van der Waals surface area contributed by atoms with Gasteiger partial charge in [0.25, 0.3) is 0 Å². The van der Waals surface area contributed by atoms with Gasteiger partial charge in [-0.2, -0.15) is 0 Å². The fraction of sp³-hybridized carbons (Fsp3) is 0. The van der Waals surface area contributed by atoms with E-state index in [9.17, 15) is 9.18 Å². The average molecular weight is 236 g/mol. The first-order chi connectivity index (χ1) is 7.69. The Labute approximate surface area is 96.7 Å². The number of benzene rings is 1. The first-order valence-electron chi connectivity index (χ1n) is 4.58. The molecule has 0 unspecified atom stereocenters. The molecule has 0 saturated carbocycles. The Balaban J connectivity index is 2.55. The van der Waals surface area contributed by atoms with E-state index in [1.807, 2.05) is 0 Å². The number of hydrogen-bond acceptors (Lipinski definition) is 2. The van der Waals surface area contributed by atoms with Crippen molar-refractivity contribution in [3.05, 3.63) is 52.9 Å². The van der Waals surface area contributed by atoms with Crippen LogP contribution < -0.4 is 0 Å². The maximum atomic E-state index is 13.0. The van der Waals surface area contributed by atoms with E-state index in [0.717, 1.165) is 0 Å². The molecule has 0 aliphatic rings. The highest BCUT2D eigenvalue weighted by Gasteiger charge is 2.04. The summed E-state index contributed by atoms with van der Waals surface area (Å²) in [5.74, 6) is -0.355.